The first-order valence-electron chi connectivity index (χ1n) is 15.0. The van der Waals surface area contributed by atoms with Crippen LogP contribution in [-0.2, 0) is 14.8 Å². The number of nitrogens with zero attached hydrogens (tertiary/aromatic N) is 4. The predicted molar refractivity (Wildman–Crippen MR) is 183 cm³/mol. The van der Waals surface area contributed by atoms with E-state index in [4.69, 9.17) is 24.0 Å². The van der Waals surface area contributed by atoms with Crippen LogP contribution >= 0.6 is 0 Å². The molecule has 2 heterocycles. The van der Waals surface area contributed by atoms with Crippen LogP contribution in [0.25, 0.3) is 10.8 Å². The van der Waals surface area contributed by atoms with E-state index in [0.717, 1.165) is 15.4 Å². The third kappa shape index (κ3) is 6.21. The average molecular weight is 667 g/mol. The fourth-order valence-electron chi connectivity index (χ4n) is 5.71. The Morgan fingerprint density at radius 1 is 0.833 bits per heavy atom. The van der Waals surface area contributed by atoms with Gasteiger partial charge in [0.2, 0.25) is 0 Å². The number of hydrazone groups is 1. The lowest BCUT2D eigenvalue weighted by Crippen LogP contribution is -2.41. The number of fused-ring (bicyclic) bond motifs is 1. The second-order valence-corrected chi connectivity index (χ2v) is 12.7. The fraction of sp³-hybridized carbons (Fsp3) is 0.194. The van der Waals surface area contributed by atoms with Gasteiger partial charge in [-0.05, 0) is 83.9 Å². The molecular formula is C36H34N4O7S. The van der Waals surface area contributed by atoms with Gasteiger partial charge < -0.3 is 18.9 Å². The SMILES string of the molecule is COc1ccc(C2=NN(C(=O)CN(c3ccc(OC)cc3)S(=O)(=O)c3cccc4cnccc34)C(c3ccc(OC)c(OC)c3)C2)cc1. The molecule has 4 aromatic carbocycles. The van der Waals surface area contributed by atoms with E-state index in [1.54, 1.807) is 82.1 Å². The smallest absolute Gasteiger partial charge is 0.265 e. The molecular weight excluding hydrogens is 632 g/mol. The maximum Gasteiger partial charge on any atom is 0.265 e. The summed E-state index contributed by atoms with van der Waals surface area (Å²) >= 11 is 0. The first-order valence-corrected chi connectivity index (χ1v) is 16.5. The maximum atomic E-state index is 14.5. The highest BCUT2D eigenvalue weighted by Gasteiger charge is 2.37. The van der Waals surface area contributed by atoms with E-state index in [2.05, 4.69) is 4.98 Å². The maximum absolute atomic E-state index is 14.5. The summed E-state index contributed by atoms with van der Waals surface area (Å²) in [4.78, 5) is 18.6. The summed E-state index contributed by atoms with van der Waals surface area (Å²) in [5.74, 6) is 1.73. The minimum Gasteiger partial charge on any atom is -0.497 e. The number of anilines is 1. The molecule has 6 rings (SSSR count). The van der Waals surface area contributed by atoms with Crippen molar-refractivity contribution in [1.82, 2.24) is 9.99 Å². The summed E-state index contributed by atoms with van der Waals surface area (Å²) in [5, 5.41) is 7.29. The minimum absolute atomic E-state index is 0.0475. The molecule has 0 aliphatic carbocycles. The number of rotatable bonds is 11. The van der Waals surface area contributed by atoms with E-state index in [0.29, 0.717) is 45.9 Å². The Kier molecular flexibility index (Phi) is 9.17. The van der Waals surface area contributed by atoms with Crippen molar-refractivity contribution in [2.75, 3.05) is 39.3 Å². The van der Waals surface area contributed by atoms with E-state index in [9.17, 15) is 13.2 Å². The third-order valence-electron chi connectivity index (χ3n) is 8.23. The van der Waals surface area contributed by atoms with Gasteiger partial charge in [-0.2, -0.15) is 5.10 Å². The Balaban J connectivity index is 1.43. The molecule has 0 fully saturated rings. The number of methoxy groups -OCH3 is 4. The molecule has 0 saturated heterocycles. The van der Waals surface area contributed by atoms with Gasteiger partial charge in [0, 0.05) is 29.6 Å². The molecule has 246 valence electrons. The predicted octanol–water partition coefficient (Wildman–Crippen LogP) is 5.84. The second kappa shape index (κ2) is 13.6. The molecule has 5 aromatic rings. The molecule has 1 aliphatic heterocycles. The van der Waals surface area contributed by atoms with Crippen molar-refractivity contribution in [2.45, 2.75) is 17.4 Å². The van der Waals surface area contributed by atoms with Crippen LogP contribution in [0.15, 0.2) is 113 Å². The number of hydrogen-bond donors (Lipinski definition) is 0. The zero-order valence-electron chi connectivity index (χ0n) is 26.9. The van der Waals surface area contributed by atoms with Crippen LogP contribution in [0.3, 0.4) is 0 Å². The highest BCUT2D eigenvalue weighted by molar-refractivity contribution is 7.93. The van der Waals surface area contributed by atoms with Gasteiger partial charge in [0.1, 0.15) is 18.0 Å². The van der Waals surface area contributed by atoms with Gasteiger partial charge in [0.05, 0.1) is 50.8 Å². The van der Waals surface area contributed by atoms with Crippen molar-refractivity contribution in [3.05, 3.63) is 115 Å². The number of pyridine rings is 1. The van der Waals surface area contributed by atoms with Gasteiger partial charge in [-0.3, -0.25) is 14.1 Å². The van der Waals surface area contributed by atoms with Gasteiger partial charge in [0.15, 0.2) is 11.5 Å². The summed E-state index contributed by atoms with van der Waals surface area (Å²) < 4.78 is 51.8. The number of carbonyl (C=O) groups is 1. The van der Waals surface area contributed by atoms with Crippen molar-refractivity contribution < 1.29 is 32.2 Å². The molecule has 1 aliphatic rings. The highest BCUT2D eigenvalue weighted by atomic mass is 32.2. The summed E-state index contributed by atoms with van der Waals surface area (Å²) in [7, 11) is 1.93. The van der Waals surface area contributed by atoms with Gasteiger partial charge >= 0.3 is 0 Å². The Morgan fingerprint density at radius 2 is 1.52 bits per heavy atom. The molecule has 1 aromatic heterocycles. The van der Waals surface area contributed by atoms with E-state index >= 15 is 0 Å². The molecule has 0 saturated carbocycles. The summed E-state index contributed by atoms with van der Waals surface area (Å²) in [6, 6.07) is 25.4. The lowest BCUT2D eigenvalue weighted by molar-refractivity contribution is -0.131. The largest absolute Gasteiger partial charge is 0.497 e. The lowest BCUT2D eigenvalue weighted by atomic mass is 9.98. The molecule has 1 unspecified atom stereocenters. The van der Waals surface area contributed by atoms with Gasteiger partial charge in [-0.1, -0.05) is 18.2 Å². The number of aromatic nitrogens is 1. The van der Waals surface area contributed by atoms with Crippen molar-refractivity contribution in [3.8, 4) is 23.0 Å². The van der Waals surface area contributed by atoms with Crippen LogP contribution in [0.4, 0.5) is 5.69 Å². The number of hydrogen-bond acceptors (Lipinski definition) is 9. The summed E-state index contributed by atoms with van der Waals surface area (Å²) in [5.41, 5.74) is 2.50. The van der Waals surface area contributed by atoms with Crippen molar-refractivity contribution in [1.29, 1.82) is 0 Å². The first kappa shape index (κ1) is 32.3. The van der Waals surface area contributed by atoms with E-state index in [-0.39, 0.29) is 10.6 Å². The van der Waals surface area contributed by atoms with Gasteiger partial charge in [-0.25, -0.2) is 13.4 Å². The quantitative estimate of drug-likeness (QED) is 0.173. The number of ether oxygens (including phenoxy) is 4. The van der Waals surface area contributed by atoms with Gasteiger partial charge in [0.25, 0.3) is 15.9 Å². The number of benzene rings is 4. The van der Waals surface area contributed by atoms with Crippen LogP contribution in [0.1, 0.15) is 23.6 Å². The van der Waals surface area contributed by atoms with E-state index < -0.39 is 28.5 Å². The van der Waals surface area contributed by atoms with E-state index in [1.807, 2.05) is 30.3 Å². The molecule has 11 nitrogen and oxygen atoms in total. The Labute approximate surface area is 279 Å². The minimum atomic E-state index is -4.28. The molecule has 1 amide bonds. The molecule has 0 spiro atoms. The van der Waals surface area contributed by atoms with Crippen LogP contribution in [0.5, 0.6) is 23.0 Å². The standard InChI is InChI=1S/C36H34N4O7S/c1-44-28-13-8-24(9-14-28)31-21-32(25-10-17-33(46-3)34(20-25)47-4)40(38-31)36(41)23-39(27-11-15-29(45-2)16-12-27)48(42,43)35-7-5-6-26-22-37-19-18-30(26)35/h5-20,22,32H,21,23H2,1-4H3. The lowest BCUT2D eigenvalue weighted by Gasteiger charge is -2.28. The average Bonchev–Trinajstić information content (AvgIpc) is 3.59. The van der Waals surface area contributed by atoms with Gasteiger partial charge in [-0.15, -0.1) is 0 Å². The Bertz CT molecular complexity index is 2080. The number of sulfonamides is 1. The van der Waals surface area contributed by atoms with Crippen LogP contribution in [-0.4, -0.2) is 65.0 Å². The fourth-order valence-corrected chi connectivity index (χ4v) is 7.34. The topological polar surface area (TPSA) is 120 Å². The second-order valence-electron chi connectivity index (χ2n) is 10.9. The summed E-state index contributed by atoms with van der Waals surface area (Å²) in [6.45, 7) is -0.528. The molecule has 0 radical (unpaired) electrons. The van der Waals surface area contributed by atoms with Crippen LogP contribution in [0, 0.1) is 0 Å². The molecule has 1 atom stereocenters. The summed E-state index contributed by atoms with van der Waals surface area (Å²) in [6.07, 6.45) is 3.52. The zero-order chi connectivity index (χ0) is 33.8. The molecule has 12 heteroatoms. The van der Waals surface area contributed by atoms with Crippen LogP contribution < -0.4 is 23.3 Å². The van der Waals surface area contributed by atoms with Crippen molar-refractivity contribution >= 4 is 38.1 Å². The molecule has 0 N–H and O–H groups in total. The number of carbonyl (C=O) groups excluding carboxylic acids is 1. The Hall–Kier alpha value is -5.62. The number of amides is 1. The Morgan fingerprint density at radius 3 is 2.19 bits per heavy atom. The van der Waals surface area contributed by atoms with Crippen molar-refractivity contribution in [3.63, 3.8) is 0 Å². The normalized spacial score (nSPS) is 14.4. The highest BCUT2D eigenvalue weighted by Crippen LogP contribution is 2.38. The molecule has 48 heavy (non-hydrogen) atoms. The monoisotopic (exact) mass is 666 g/mol. The first-order chi connectivity index (χ1) is 23.3. The zero-order valence-corrected chi connectivity index (χ0v) is 27.7. The third-order valence-corrected chi connectivity index (χ3v) is 10.1. The van der Waals surface area contributed by atoms with Crippen molar-refractivity contribution in [2.24, 2.45) is 5.10 Å². The van der Waals surface area contributed by atoms with Crippen LogP contribution in [0.2, 0.25) is 0 Å². The molecule has 0 bridgehead atoms. The van der Waals surface area contributed by atoms with E-state index in [1.165, 1.54) is 24.4 Å².